The molecule has 0 radical (unpaired) electrons. The van der Waals surface area contributed by atoms with Crippen molar-refractivity contribution in [3.05, 3.63) is 22.5 Å². The van der Waals surface area contributed by atoms with Crippen molar-refractivity contribution in [3.8, 4) is 0 Å². The number of aryl methyl sites for hydroxylation is 2. The van der Waals surface area contributed by atoms with Crippen molar-refractivity contribution in [2.45, 2.75) is 39.8 Å². The van der Waals surface area contributed by atoms with Gasteiger partial charge in [-0.05, 0) is 27.7 Å². The van der Waals surface area contributed by atoms with Crippen molar-refractivity contribution in [1.29, 1.82) is 0 Å². The van der Waals surface area contributed by atoms with Gasteiger partial charge in [-0.2, -0.15) is 0 Å². The summed E-state index contributed by atoms with van der Waals surface area (Å²) in [7, 11) is -3.21. The number of thiazole rings is 1. The number of imidazole rings is 1. The van der Waals surface area contributed by atoms with Gasteiger partial charge in [0.1, 0.15) is 0 Å². The van der Waals surface area contributed by atoms with E-state index in [2.05, 4.69) is 31.7 Å². The molecule has 0 aliphatic heterocycles. The maximum absolute atomic E-state index is 11.3. The fourth-order valence-corrected chi connectivity index (χ4v) is 4.41. The Kier molecular flexibility index (Phi) is 4.44. The van der Waals surface area contributed by atoms with E-state index in [4.69, 9.17) is 0 Å². The van der Waals surface area contributed by atoms with Crippen LogP contribution in [-0.2, 0) is 16.6 Å². The molecule has 8 heteroatoms. The van der Waals surface area contributed by atoms with Crippen LogP contribution < -0.4 is 10.0 Å². The van der Waals surface area contributed by atoms with Gasteiger partial charge in [-0.15, -0.1) is 11.3 Å². The summed E-state index contributed by atoms with van der Waals surface area (Å²) < 4.78 is 27.4. The molecule has 0 spiro atoms. The van der Waals surface area contributed by atoms with E-state index in [9.17, 15) is 8.42 Å². The Hall–Kier alpha value is -0.960. The van der Waals surface area contributed by atoms with Gasteiger partial charge in [-0.3, -0.25) is 4.40 Å². The van der Waals surface area contributed by atoms with Crippen molar-refractivity contribution in [2.24, 2.45) is 0 Å². The standard InChI is InChI=1S/C13H22N4O2S2/c1-9-7-20-12-15-10(2)11(17(9)12)6-14-8-13(3,4)16-21(5,18)19/h7,14,16H,6,8H2,1-5H3. The average Bonchev–Trinajstić information content (AvgIpc) is 2.77. The number of hydrogen-bond donors (Lipinski definition) is 2. The minimum absolute atomic E-state index is 0.533. The summed E-state index contributed by atoms with van der Waals surface area (Å²) in [6.45, 7) is 8.96. The van der Waals surface area contributed by atoms with Gasteiger partial charge in [0.2, 0.25) is 10.0 Å². The molecular formula is C13H22N4O2S2. The smallest absolute Gasteiger partial charge is 0.209 e. The van der Waals surface area contributed by atoms with Gasteiger partial charge >= 0.3 is 0 Å². The third-order valence-electron chi connectivity index (χ3n) is 3.15. The van der Waals surface area contributed by atoms with E-state index in [1.54, 1.807) is 11.3 Å². The van der Waals surface area contributed by atoms with Crippen LogP contribution in [0.4, 0.5) is 0 Å². The van der Waals surface area contributed by atoms with Gasteiger partial charge < -0.3 is 5.32 Å². The van der Waals surface area contributed by atoms with Gasteiger partial charge in [0, 0.05) is 29.7 Å². The summed E-state index contributed by atoms with van der Waals surface area (Å²) in [5.74, 6) is 0. The number of hydrogen-bond acceptors (Lipinski definition) is 5. The predicted molar refractivity (Wildman–Crippen MR) is 86.3 cm³/mol. The number of fused-ring (bicyclic) bond motifs is 1. The SMILES string of the molecule is Cc1nc2scc(C)n2c1CNCC(C)(C)NS(C)(=O)=O. The maximum Gasteiger partial charge on any atom is 0.209 e. The molecule has 2 rings (SSSR count). The van der Waals surface area contributed by atoms with Crippen LogP contribution in [0.5, 0.6) is 0 Å². The number of sulfonamides is 1. The third-order valence-corrected chi connectivity index (χ3v) is 5.02. The molecule has 118 valence electrons. The van der Waals surface area contributed by atoms with Crippen LogP contribution in [0.25, 0.3) is 4.96 Å². The zero-order valence-electron chi connectivity index (χ0n) is 13.0. The van der Waals surface area contributed by atoms with Crippen molar-refractivity contribution in [3.63, 3.8) is 0 Å². The largest absolute Gasteiger partial charge is 0.309 e. The quantitative estimate of drug-likeness (QED) is 0.840. The molecule has 2 aromatic rings. The molecule has 6 nitrogen and oxygen atoms in total. The molecule has 0 amide bonds. The monoisotopic (exact) mass is 330 g/mol. The van der Waals surface area contributed by atoms with Gasteiger partial charge in [-0.1, -0.05) is 0 Å². The second-order valence-corrected chi connectivity index (χ2v) is 8.59. The highest BCUT2D eigenvalue weighted by atomic mass is 32.2. The van der Waals surface area contributed by atoms with Crippen molar-refractivity contribution < 1.29 is 8.42 Å². The molecule has 2 aromatic heterocycles. The number of rotatable bonds is 6. The number of nitrogens with zero attached hydrogens (tertiary/aromatic N) is 2. The summed E-state index contributed by atoms with van der Waals surface area (Å²) in [5, 5.41) is 5.40. The first-order chi connectivity index (χ1) is 9.59. The van der Waals surface area contributed by atoms with E-state index >= 15 is 0 Å². The molecule has 0 aromatic carbocycles. The lowest BCUT2D eigenvalue weighted by atomic mass is 10.1. The lowest BCUT2D eigenvalue weighted by Crippen LogP contribution is -2.49. The zero-order valence-corrected chi connectivity index (χ0v) is 14.7. The van der Waals surface area contributed by atoms with Gasteiger partial charge in [0.05, 0.1) is 17.6 Å². The Morgan fingerprint density at radius 3 is 2.67 bits per heavy atom. The maximum atomic E-state index is 11.3. The molecule has 0 aliphatic rings. The van der Waals surface area contributed by atoms with Crippen molar-refractivity contribution in [2.75, 3.05) is 12.8 Å². The molecule has 2 heterocycles. The van der Waals surface area contributed by atoms with E-state index in [0.29, 0.717) is 13.1 Å². The molecule has 0 bridgehead atoms. The van der Waals surface area contributed by atoms with Crippen LogP contribution in [0.1, 0.15) is 30.9 Å². The van der Waals surface area contributed by atoms with Gasteiger partial charge in [0.25, 0.3) is 0 Å². The van der Waals surface area contributed by atoms with Gasteiger partial charge in [-0.25, -0.2) is 18.1 Å². The van der Waals surface area contributed by atoms with Crippen molar-refractivity contribution >= 4 is 26.3 Å². The Morgan fingerprint density at radius 1 is 1.38 bits per heavy atom. The first kappa shape index (κ1) is 16.4. The summed E-state index contributed by atoms with van der Waals surface area (Å²) in [5.41, 5.74) is 2.76. The summed E-state index contributed by atoms with van der Waals surface area (Å²) in [6, 6.07) is 0. The topological polar surface area (TPSA) is 75.5 Å². The van der Waals surface area contributed by atoms with E-state index in [1.807, 2.05) is 20.8 Å². The highest BCUT2D eigenvalue weighted by Gasteiger charge is 2.22. The molecule has 0 atom stereocenters. The van der Waals surface area contributed by atoms with Crippen LogP contribution in [0.15, 0.2) is 5.38 Å². The van der Waals surface area contributed by atoms with Crippen LogP contribution in [0.2, 0.25) is 0 Å². The lowest BCUT2D eigenvalue weighted by molar-refractivity contribution is 0.419. The van der Waals surface area contributed by atoms with E-state index in [1.165, 1.54) is 11.9 Å². The fraction of sp³-hybridized carbons (Fsp3) is 0.615. The van der Waals surface area contributed by atoms with Crippen LogP contribution in [0, 0.1) is 13.8 Å². The Morgan fingerprint density at radius 2 is 2.05 bits per heavy atom. The van der Waals surface area contributed by atoms with Crippen LogP contribution in [-0.4, -0.2) is 36.1 Å². The molecule has 0 unspecified atom stereocenters. The third kappa shape index (κ3) is 4.03. The Labute approximate surface area is 129 Å². The molecule has 2 N–H and O–H groups in total. The molecule has 0 saturated carbocycles. The average molecular weight is 330 g/mol. The van der Waals surface area contributed by atoms with Gasteiger partial charge in [0.15, 0.2) is 4.96 Å². The van der Waals surface area contributed by atoms with Crippen LogP contribution in [0.3, 0.4) is 0 Å². The molecule has 0 saturated heterocycles. The lowest BCUT2D eigenvalue weighted by Gasteiger charge is -2.25. The summed E-state index contributed by atoms with van der Waals surface area (Å²) >= 11 is 1.63. The normalized spacial score (nSPS) is 13.2. The van der Waals surface area contributed by atoms with Crippen LogP contribution >= 0.6 is 11.3 Å². The fourth-order valence-electron chi connectivity index (χ4n) is 2.41. The predicted octanol–water partition coefficient (Wildman–Crippen LogP) is 1.43. The second kappa shape index (κ2) is 5.68. The Bertz CT molecular complexity index is 744. The molecular weight excluding hydrogens is 308 g/mol. The molecule has 0 aliphatic carbocycles. The van der Waals surface area contributed by atoms with E-state index in [0.717, 1.165) is 16.3 Å². The molecule has 0 fully saturated rings. The second-order valence-electron chi connectivity index (χ2n) is 6.00. The minimum atomic E-state index is -3.21. The number of aromatic nitrogens is 2. The summed E-state index contributed by atoms with van der Waals surface area (Å²) in [4.78, 5) is 5.53. The number of nitrogens with one attached hydrogen (secondary N) is 2. The van der Waals surface area contributed by atoms with E-state index < -0.39 is 15.6 Å². The molecule has 21 heavy (non-hydrogen) atoms. The van der Waals surface area contributed by atoms with Crippen molar-refractivity contribution in [1.82, 2.24) is 19.4 Å². The Balaban J connectivity index is 2.05. The first-order valence-electron chi connectivity index (χ1n) is 6.71. The summed E-state index contributed by atoms with van der Waals surface area (Å²) in [6.07, 6.45) is 1.17. The highest BCUT2D eigenvalue weighted by Crippen LogP contribution is 2.20. The van der Waals surface area contributed by atoms with E-state index in [-0.39, 0.29) is 0 Å². The first-order valence-corrected chi connectivity index (χ1v) is 9.48. The zero-order chi connectivity index (χ0) is 15.8. The minimum Gasteiger partial charge on any atom is -0.309 e. The highest BCUT2D eigenvalue weighted by molar-refractivity contribution is 7.88.